The number of hydrogen-bond donors (Lipinski definition) is 0. The average Bonchev–Trinajstić information content (AvgIpc) is 3.18. The topological polar surface area (TPSA) is 51.3 Å². The average molecular weight is 287 g/mol. The van der Waals surface area contributed by atoms with Crippen LogP contribution in [0.3, 0.4) is 0 Å². The fourth-order valence-corrected chi connectivity index (χ4v) is 2.91. The Balaban J connectivity index is 1.75. The quantitative estimate of drug-likeness (QED) is 0.868. The largest absolute Gasteiger partial charge is 0.456 e. The third kappa shape index (κ3) is 3.01. The number of amides is 1. The molecular weight excluding hydrogens is 266 g/mol. The van der Waals surface area contributed by atoms with Gasteiger partial charge < -0.3 is 9.32 Å². The van der Waals surface area contributed by atoms with Gasteiger partial charge in [0.15, 0.2) is 5.76 Å². The molecule has 0 aliphatic carbocycles. The van der Waals surface area contributed by atoms with Gasteiger partial charge in [-0.05, 0) is 37.5 Å². The van der Waals surface area contributed by atoms with E-state index in [-0.39, 0.29) is 11.9 Å². The highest BCUT2D eigenvalue weighted by Crippen LogP contribution is 2.22. The highest BCUT2D eigenvalue weighted by molar-refractivity contribution is 5.91. The zero-order chi connectivity index (χ0) is 14.7. The molecular formula is C16H21N3O2. The zero-order valence-electron chi connectivity index (χ0n) is 12.4. The molecule has 1 aliphatic heterocycles. The first-order valence-corrected chi connectivity index (χ1v) is 7.65. The van der Waals surface area contributed by atoms with E-state index in [1.165, 1.54) is 0 Å². The van der Waals surface area contributed by atoms with Crippen LogP contribution in [-0.2, 0) is 13.0 Å². The normalized spacial score (nSPS) is 18.9. The molecule has 1 saturated heterocycles. The Morgan fingerprint density at radius 3 is 3.05 bits per heavy atom. The molecule has 5 nitrogen and oxygen atoms in total. The first-order valence-electron chi connectivity index (χ1n) is 7.65. The molecule has 1 atom stereocenters. The molecule has 0 radical (unpaired) electrons. The molecule has 0 bridgehead atoms. The van der Waals surface area contributed by atoms with Crippen molar-refractivity contribution in [3.05, 3.63) is 42.1 Å². The lowest BCUT2D eigenvalue weighted by Crippen LogP contribution is -2.45. The minimum absolute atomic E-state index is 0.00607. The van der Waals surface area contributed by atoms with Crippen LogP contribution in [0.5, 0.6) is 0 Å². The van der Waals surface area contributed by atoms with Crippen LogP contribution in [0, 0.1) is 0 Å². The summed E-state index contributed by atoms with van der Waals surface area (Å²) >= 11 is 0. The van der Waals surface area contributed by atoms with Crippen LogP contribution in [0.15, 0.2) is 35.0 Å². The predicted octanol–water partition coefficient (Wildman–Crippen LogP) is 2.73. The van der Waals surface area contributed by atoms with Crippen LogP contribution >= 0.6 is 0 Å². The molecule has 3 heterocycles. The summed E-state index contributed by atoms with van der Waals surface area (Å²) in [6.45, 7) is 3.57. The summed E-state index contributed by atoms with van der Waals surface area (Å²) in [7, 11) is 0. The molecule has 2 aromatic rings. The predicted molar refractivity (Wildman–Crippen MR) is 79.0 cm³/mol. The van der Waals surface area contributed by atoms with Crippen molar-refractivity contribution in [1.29, 1.82) is 0 Å². The number of hydrogen-bond acceptors (Lipinski definition) is 3. The Kier molecular flexibility index (Phi) is 4.08. The minimum Gasteiger partial charge on any atom is -0.456 e. The van der Waals surface area contributed by atoms with Gasteiger partial charge in [-0.3, -0.25) is 9.48 Å². The van der Waals surface area contributed by atoms with Gasteiger partial charge >= 0.3 is 0 Å². The van der Waals surface area contributed by atoms with E-state index < -0.39 is 0 Å². The van der Waals surface area contributed by atoms with Crippen molar-refractivity contribution in [1.82, 2.24) is 14.7 Å². The zero-order valence-corrected chi connectivity index (χ0v) is 12.4. The van der Waals surface area contributed by atoms with Crippen LogP contribution in [0.25, 0.3) is 0 Å². The van der Waals surface area contributed by atoms with Gasteiger partial charge in [0.2, 0.25) is 0 Å². The summed E-state index contributed by atoms with van der Waals surface area (Å²) in [5.74, 6) is 1.32. The summed E-state index contributed by atoms with van der Waals surface area (Å²) in [4.78, 5) is 14.6. The van der Waals surface area contributed by atoms with Crippen molar-refractivity contribution < 1.29 is 9.21 Å². The summed E-state index contributed by atoms with van der Waals surface area (Å²) in [5.41, 5.74) is 0. The van der Waals surface area contributed by atoms with Crippen molar-refractivity contribution in [2.24, 2.45) is 0 Å². The van der Waals surface area contributed by atoms with E-state index in [9.17, 15) is 4.79 Å². The van der Waals surface area contributed by atoms with E-state index in [1.807, 2.05) is 34.8 Å². The fourth-order valence-electron chi connectivity index (χ4n) is 2.91. The van der Waals surface area contributed by atoms with Crippen LogP contribution < -0.4 is 0 Å². The molecule has 0 aromatic carbocycles. The molecule has 1 amide bonds. The lowest BCUT2D eigenvalue weighted by Gasteiger charge is -2.35. The molecule has 2 aromatic heterocycles. The van der Waals surface area contributed by atoms with E-state index in [0.717, 1.165) is 44.5 Å². The maximum absolute atomic E-state index is 12.7. The van der Waals surface area contributed by atoms with Gasteiger partial charge in [-0.25, -0.2) is 0 Å². The lowest BCUT2D eigenvalue weighted by atomic mass is 10.0. The second-order valence-electron chi connectivity index (χ2n) is 5.50. The molecule has 0 saturated carbocycles. The van der Waals surface area contributed by atoms with E-state index in [0.29, 0.717) is 5.76 Å². The number of aromatic nitrogens is 2. The molecule has 0 unspecified atom stereocenters. The Hall–Kier alpha value is -2.04. The molecule has 3 rings (SSSR count). The Morgan fingerprint density at radius 1 is 1.43 bits per heavy atom. The second-order valence-corrected chi connectivity index (χ2v) is 5.50. The van der Waals surface area contributed by atoms with Crippen LogP contribution in [0.4, 0.5) is 0 Å². The summed E-state index contributed by atoms with van der Waals surface area (Å²) in [6, 6.07) is 5.79. The number of likely N-dealkylation sites (tertiary alicyclic amines) is 1. The molecule has 1 fully saturated rings. The Labute approximate surface area is 124 Å². The SMILES string of the molecule is CCc1ccc(C(=O)N2CCCC[C@H]2Cn2cccn2)o1. The van der Waals surface area contributed by atoms with Gasteiger partial charge in [0.1, 0.15) is 5.76 Å². The van der Waals surface area contributed by atoms with Crippen molar-refractivity contribution >= 4 is 5.91 Å². The van der Waals surface area contributed by atoms with Gasteiger partial charge in [-0.15, -0.1) is 0 Å². The summed E-state index contributed by atoms with van der Waals surface area (Å²) in [5, 5.41) is 4.25. The highest BCUT2D eigenvalue weighted by atomic mass is 16.4. The maximum Gasteiger partial charge on any atom is 0.289 e. The Morgan fingerprint density at radius 2 is 2.33 bits per heavy atom. The van der Waals surface area contributed by atoms with Gasteiger partial charge in [-0.2, -0.15) is 5.10 Å². The van der Waals surface area contributed by atoms with Crippen molar-refractivity contribution in [2.45, 2.75) is 45.2 Å². The standard InChI is InChI=1S/C16H21N3O2/c1-2-14-7-8-15(21-14)16(20)19-11-4-3-6-13(19)12-18-10-5-9-17-18/h5,7-10,13H,2-4,6,11-12H2,1H3/t13-/m0/s1. The molecule has 1 aliphatic rings. The number of carbonyl (C=O) groups excluding carboxylic acids is 1. The smallest absolute Gasteiger partial charge is 0.289 e. The molecule has 0 N–H and O–H groups in total. The number of nitrogens with zero attached hydrogens (tertiary/aromatic N) is 3. The maximum atomic E-state index is 12.7. The first kappa shape index (κ1) is 13.9. The second kappa shape index (κ2) is 6.16. The number of piperidine rings is 1. The van der Waals surface area contributed by atoms with Crippen molar-refractivity contribution in [2.75, 3.05) is 6.54 Å². The lowest BCUT2D eigenvalue weighted by molar-refractivity contribution is 0.0550. The minimum atomic E-state index is 0.00607. The van der Waals surface area contributed by atoms with Crippen molar-refractivity contribution in [3.8, 4) is 0 Å². The third-order valence-corrected chi connectivity index (χ3v) is 4.07. The molecule has 5 heteroatoms. The van der Waals surface area contributed by atoms with E-state index in [1.54, 1.807) is 12.3 Å². The number of rotatable bonds is 4. The van der Waals surface area contributed by atoms with E-state index >= 15 is 0 Å². The van der Waals surface area contributed by atoms with Crippen LogP contribution in [0.2, 0.25) is 0 Å². The third-order valence-electron chi connectivity index (χ3n) is 4.07. The van der Waals surface area contributed by atoms with Gasteiger partial charge in [0.05, 0.1) is 12.6 Å². The number of furan rings is 1. The van der Waals surface area contributed by atoms with Crippen molar-refractivity contribution in [3.63, 3.8) is 0 Å². The molecule has 112 valence electrons. The monoisotopic (exact) mass is 287 g/mol. The van der Waals surface area contributed by atoms with Crippen LogP contribution in [-0.4, -0.2) is 33.2 Å². The van der Waals surface area contributed by atoms with Gasteiger partial charge in [-0.1, -0.05) is 6.92 Å². The fraction of sp³-hybridized carbons (Fsp3) is 0.500. The van der Waals surface area contributed by atoms with E-state index in [4.69, 9.17) is 4.42 Å². The first-order chi connectivity index (χ1) is 10.3. The molecule has 0 spiro atoms. The number of aryl methyl sites for hydroxylation is 1. The number of carbonyl (C=O) groups is 1. The molecule has 21 heavy (non-hydrogen) atoms. The van der Waals surface area contributed by atoms with E-state index in [2.05, 4.69) is 5.10 Å². The van der Waals surface area contributed by atoms with Crippen LogP contribution in [0.1, 0.15) is 42.5 Å². The van der Waals surface area contributed by atoms with Gasteiger partial charge in [0.25, 0.3) is 5.91 Å². The highest BCUT2D eigenvalue weighted by Gasteiger charge is 2.29. The van der Waals surface area contributed by atoms with Gasteiger partial charge in [0, 0.05) is 25.4 Å². The Bertz CT molecular complexity index is 588. The summed E-state index contributed by atoms with van der Waals surface area (Å²) < 4.78 is 7.52. The summed E-state index contributed by atoms with van der Waals surface area (Å²) in [6.07, 6.45) is 7.77.